The number of benzene rings is 1. The largest absolute Gasteiger partial charge is 0.493 e. The van der Waals surface area contributed by atoms with Crippen LogP contribution in [0.15, 0.2) is 37.2 Å². The summed E-state index contributed by atoms with van der Waals surface area (Å²) in [6, 6.07) is 5.61. The lowest BCUT2D eigenvalue weighted by Gasteiger charge is -2.07. The third-order valence-electron chi connectivity index (χ3n) is 3.12. The van der Waals surface area contributed by atoms with Crippen LogP contribution in [-0.2, 0) is 0 Å². The molecular weight excluding hydrogens is 308 g/mol. The minimum Gasteiger partial charge on any atom is -0.493 e. The predicted octanol–water partition coefficient (Wildman–Crippen LogP) is 1.91. The fraction of sp³-hybridized carbons (Fsp3) is 0.125. The Morgan fingerprint density at radius 3 is 2.29 bits per heavy atom. The van der Waals surface area contributed by atoms with Crippen LogP contribution < -0.4 is 9.47 Å². The molecule has 0 fully saturated rings. The maximum Gasteiger partial charge on any atom is 0.201 e. The first kappa shape index (κ1) is 15.5. The molecule has 2 aromatic heterocycles. The van der Waals surface area contributed by atoms with Gasteiger partial charge >= 0.3 is 0 Å². The second-order valence-electron chi connectivity index (χ2n) is 4.58. The van der Waals surface area contributed by atoms with Crippen LogP contribution in [0.3, 0.4) is 0 Å². The molecule has 0 amide bonds. The molecule has 1 aromatic carbocycles. The van der Waals surface area contributed by atoms with Crippen molar-refractivity contribution in [2.45, 2.75) is 0 Å². The second kappa shape index (κ2) is 7.23. The standard InChI is InChI=1S/C16H14N6O2/c1-23-12-5-3-11(7-13(12)24-2)4-6-14-18-10-21-16(22-14)15-19-8-17-9-20-15/h3-10H,1-2H3. The van der Waals surface area contributed by atoms with Gasteiger partial charge in [0.15, 0.2) is 17.3 Å². The fourth-order valence-corrected chi connectivity index (χ4v) is 1.98. The zero-order valence-corrected chi connectivity index (χ0v) is 13.1. The van der Waals surface area contributed by atoms with E-state index < -0.39 is 0 Å². The molecule has 0 unspecified atom stereocenters. The van der Waals surface area contributed by atoms with E-state index in [-0.39, 0.29) is 0 Å². The molecule has 3 rings (SSSR count). The minimum absolute atomic E-state index is 0.388. The smallest absolute Gasteiger partial charge is 0.201 e. The summed E-state index contributed by atoms with van der Waals surface area (Å²) in [6.07, 6.45) is 7.85. The van der Waals surface area contributed by atoms with Gasteiger partial charge in [-0.1, -0.05) is 12.1 Å². The predicted molar refractivity (Wildman–Crippen MR) is 87.1 cm³/mol. The van der Waals surface area contributed by atoms with Gasteiger partial charge in [-0.25, -0.2) is 29.9 Å². The van der Waals surface area contributed by atoms with E-state index in [0.29, 0.717) is 29.0 Å². The van der Waals surface area contributed by atoms with Gasteiger partial charge in [0, 0.05) is 0 Å². The Bertz CT molecular complexity index is 854. The lowest BCUT2D eigenvalue weighted by atomic mass is 10.2. The summed E-state index contributed by atoms with van der Waals surface area (Å²) in [5, 5.41) is 0. The van der Waals surface area contributed by atoms with E-state index in [9.17, 15) is 0 Å². The summed E-state index contributed by atoms with van der Waals surface area (Å²) in [7, 11) is 3.19. The molecule has 0 N–H and O–H groups in total. The van der Waals surface area contributed by atoms with E-state index in [1.54, 1.807) is 20.3 Å². The summed E-state index contributed by atoms with van der Waals surface area (Å²) < 4.78 is 10.5. The van der Waals surface area contributed by atoms with Crippen LogP contribution in [0.5, 0.6) is 11.5 Å². The molecule has 8 nitrogen and oxygen atoms in total. The van der Waals surface area contributed by atoms with E-state index in [2.05, 4.69) is 29.9 Å². The molecular formula is C16H14N6O2. The Balaban J connectivity index is 1.85. The van der Waals surface area contributed by atoms with Crippen LogP contribution in [0.25, 0.3) is 23.8 Å². The van der Waals surface area contributed by atoms with E-state index >= 15 is 0 Å². The van der Waals surface area contributed by atoms with E-state index in [1.807, 2.05) is 24.3 Å². The first-order chi connectivity index (χ1) is 11.8. The lowest BCUT2D eigenvalue weighted by Crippen LogP contribution is -1.98. The molecule has 3 aromatic rings. The van der Waals surface area contributed by atoms with Crippen molar-refractivity contribution in [2.75, 3.05) is 14.2 Å². The van der Waals surface area contributed by atoms with Crippen molar-refractivity contribution < 1.29 is 9.47 Å². The SMILES string of the molecule is COc1ccc(C=Cc2ncnc(-c3ncncn3)n2)cc1OC. The Kier molecular flexibility index (Phi) is 4.66. The van der Waals surface area contributed by atoms with Gasteiger partial charge in [0.05, 0.1) is 14.2 Å². The number of ether oxygens (including phenoxy) is 2. The van der Waals surface area contributed by atoms with Crippen LogP contribution >= 0.6 is 0 Å². The third-order valence-corrected chi connectivity index (χ3v) is 3.12. The van der Waals surface area contributed by atoms with Crippen LogP contribution in [0.1, 0.15) is 11.4 Å². The normalized spacial score (nSPS) is 10.8. The number of hydrogen-bond donors (Lipinski definition) is 0. The molecule has 0 aliphatic heterocycles. The van der Waals surface area contributed by atoms with Crippen LogP contribution in [0.2, 0.25) is 0 Å². The Hall–Kier alpha value is -3.42. The van der Waals surface area contributed by atoms with Crippen LogP contribution in [0.4, 0.5) is 0 Å². The maximum absolute atomic E-state index is 5.28. The quantitative estimate of drug-likeness (QED) is 0.703. The van der Waals surface area contributed by atoms with Crippen LogP contribution in [0, 0.1) is 0 Å². The number of methoxy groups -OCH3 is 2. The molecule has 0 aliphatic rings. The molecule has 0 spiro atoms. The number of rotatable bonds is 5. The highest BCUT2D eigenvalue weighted by atomic mass is 16.5. The molecule has 2 heterocycles. The molecule has 0 bridgehead atoms. The van der Waals surface area contributed by atoms with Crippen molar-refractivity contribution in [3.8, 4) is 23.1 Å². The summed E-state index contributed by atoms with van der Waals surface area (Å²) in [4.78, 5) is 24.3. The van der Waals surface area contributed by atoms with Crippen molar-refractivity contribution in [1.29, 1.82) is 0 Å². The fourth-order valence-electron chi connectivity index (χ4n) is 1.98. The van der Waals surface area contributed by atoms with Gasteiger partial charge in [-0.05, 0) is 23.8 Å². The lowest BCUT2D eigenvalue weighted by molar-refractivity contribution is 0.355. The molecule has 8 heteroatoms. The average molecular weight is 322 g/mol. The number of hydrogen-bond acceptors (Lipinski definition) is 8. The first-order valence-electron chi connectivity index (χ1n) is 7.01. The number of aromatic nitrogens is 6. The van der Waals surface area contributed by atoms with Gasteiger partial charge in [-0.2, -0.15) is 0 Å². The molecule has 0 radical (unpaired) electrons. The topological polar surface area (TPSA) is 95.8 Å². The first-order valence-corrected chi connectivity index (χ1v) is 7.01. The number of nitrogens with zero attached hydrogens (tertiary/aromatic N) is 6. The van der Waals surface area contributed by atoms with Crippen molar-refractivity contribution >= 4 is 12.2 Å². The summed E-state index contributed by atoms with van der Waals surface area (Å²) >= 11 is 0. The maximum atomic E-state index is 5.28. The Morgan fingerprint density at radius 1 is 0.792 bits per heavy atom. The Labute approximate surface area is 138 Å². The molecule has 0 saturated carbocycles. The monoisotopic (exact) mass is 322 g/mol. The average Bonchev–Trinajstić information content (AvgIpc) is 2.67. The van der Waals surface area contributed by atoms with Gasteiger partial charge in [-0.15, -0.1) is 0 Å². The van der Waals surface area contributed by atoms with E-state index in [0.717, 1.165) is 5.56 Å². The highest BCUT2D eigenvalue weighted by Crippen LogP contribution is 2.28. The second-order valence-corrected chi connectivity index (χ2v) is 4.58. The van der Waals surface area contributed by atoms with Crippen LogP contribution in [-0.4, -0.2) is 44.1 Å². The highest BCUT2D eigenvalue weighted by Gasteiger charge is 2.05. The van der Waals surface area contributed by atoms with Gasteiger partial charge in [0.25, 0.3) is 0 Å². The van der Waals surface area contributed by atoms with Crippen molar-refractivity contribution in [3.05, 3.63) is 48.6 Å². The van der Waals surface area contributed by atoms with Gasteiger partial charge in [-0.3, -0.25) is 0 Å². The summed E-state index contributed by atoms with van der Waals surface area (Å²) in [5.41, 5.74) is 0.926. The van der Waals surface area contributed by atoms with Gasteiger partial charge in [0.1, 0.15) is 19.0 Å². The van der Waals surface area contributed by atoms with E-state index in [4.69, 9.17) is 9.47 Å². The molecule has 120 valence electrons. The zero-order valence-electron chi connectivity index (χ0n) is 13.1. The molecule has 0 saturated heterocycles. The summed E-state index contributed by atoms with van der Waals surface area (Å²) in [6.45, 7) is 0. The minimum atomic E-state index is 0.388. The van der Waals surface area contributed by atoms with Gasteiger partial charge in [0.2, 0.25) is 11.6 Å². The highest BCUT2D eigenvalue weighted by molar-refractivity contribution is 5.68. The molecule has 0 aliphatic carbocycles. The summed E-state index contributed by atoms with van der Waals surface area (Å²) in [5.74, 6) is 2.61. The van der Waals surface area contributed by atoms with Gasteiger partial charge < -0.3 is 9.47 Å². The molecule has 24 heavy (non-hydrogen) atoms. The third kappa shape index (κ3) is 3.49. The molecule has 0 atom stereocenters. The van der Waals surface area contributed by atoms with Crippen molar-refractivity contribution in [2.24, 2.45) is 0 Å². The van der Waals surface area contributed by atoms with Crippen molar-refractivity contribution in [3.63, 3.8) is 0 Å². The van der Waals surface area contributed by atoms with E-state index in [1.165, 1.54) is 19.0 Å². The van der Waals surface area contributed by atoms with Crippen molar-refractivity contribution in [1.82, 2.24) is 29.9 Å². The Morgan fingerprint density at radius 2 is 1.54 bits per heavy atom. The zero-order chi connectivity index (χ0) is 16.8.